The summed E-state index contributed by atoms with van der Waals surface area (Å²) in [6, 6.07) is 14.5. The average molecular weight is 411 g/mol. The molecule has 0 unspecified atom stereocenters. The van der Waals surface area contributed by atoms with Gasteiger partial charge >= 0.3 is 5.16 Å². The predicted octanol–water partition coefficient (Wildman–Crippen LogP) is 1.71. The fraction of sp³-hybridized carbons (Fsp3) is 0.200. The molecule has 0 saturated heterocycles. The Bertz CT molecular complexity index is 1000. The van der Waals surface area contributed by atoms with E-state index in [4.69, 9.17) is 4.74 Å². The van der Waals surface area contributed by atoms with Crippen LogP contribution in [0.4, 0.5) is 0 Å². The lowest BCUT2D eigenvalue weighted by molar-refractivity contribution is -0.719. The summed E-state index contributed by atoms with van der Waals surface area (Å²) in [5.74, 6) is 0.824. The van der Waals surface area contributed by atoms with E-state index in [1.165, 1.54) is 31.2 Å². The molecule has 0 aliphatic heterocycles. The fourth-order valence-corrected chi connectivity index (χ4v) is 3.45. The van der Waals surface area contributed by atoms with E-state index in [0.29, 0.717) is 5.56 Å². The number of benzene rings is 2. The number of carbonyl (C=O) groups excluding carboxylic acids is 1. The van der Waals surface area contributed by atoms with Crippen LogP contribution in [0.15, 0.2) is 58.8 Å². The summed E-state index contributed by atoms with van der Waals surface area (Å²) in [6.07, 6.45) is 1.46. The Hall–Kier alpha value is -3.33. The molecule has 0 fully saturated rings. The number of rotatable bonds is 8. The van der Waals surface area contributed by atoms with Crippen molar-refractivity contribution in [3.63, 3.8) is 0 Å². The van der Waals surface area contributed by atoms with Gasteiger partial charge < -0.3 is 9.84 Å². The number of hydrogen-bond donors (Lipinski definition) is 2. The lowest BCUT2D eigenvalue weighted by Gasteiger charge is -2.11. The number of nitrogens with zero attached hydrogens (tertiary/aromatic N) is 3. The Morgan fingerprint density at radius 1 is 1.34 bits per heavy atom. The summed E-state index contributed by atoms with van der Waals surface area (Å²) in [6.45, 7) is 2.75. The van der Waals surface area contributed by atoms with Gasteiger partial charge in [-0.3, -0.25) is 4.79 Å². The third-order valence-electron chi connectivity index (χ3n) is 4.04. The molecule has 1 aromatic heterocycles. The molecule has 0 saturated carbocycles. The van der Waals surface area contributed by atoms with Crippen LogP contribution in [0.3, 0.4) is 0 Å². The summed E-state index contributed by atoms with van der Waals surface area (Å²) < 4.78 is 7.00. The van der Waals surface area contributed by atoms with Gasteiger partial charge in [-0.25, -0.2) is 9.99 Å². The summed E-state index contributed by atoms with van der Waals surface area (Å²) >= 11 is 1.32. The number of amides is 1. The van der Waals surface area contributed by atoms with Crippen LogP contribution in [0.1, 0.15) is 12.5 Å². The molecule has 3 rings (SSSR count). The van der Waals surface area contributed by atoms with Crippen LogP contribution in [0, 0.1) is 0 Å². The second-order valence-electron chi connectivity index (χ2n) is 5.96. The molecule has 1 heterocycles. The smallest absolute Gasteiger partial charge is 0.337 e. The van der Waals surface area contributed by atoms with Gasteiger partial charge in [0.25, 0.3) is 11.7 Å². The Morgan fingerprint density at radius 3 is 2.86 bits per heavy atom. The Morgan fingerprint density at radius 2 is 2.14 bits per heavy atom. The van der Waals surface area contributed by atoms with Gasteiger partial charge in [-0.2, -0.15) is 5.10 Å². The average Bonchev–Trinajstić information content (AvgIpc) is 3.17. The van der Waals surface area contributed by atoms with Crippen molar-refractivity contribution < 1.29 is 19.2 Å². The molecule has 8 nitrogen and oxygen atoms in total. The molecule has 0 bridgehead atoms. The van der Waals surface area contributed by atoms with Gasteiger partial charge in [0.2, 0.25) is 0 Å². The van der Waals surface area contributed by atoms with Crippen LogP contribution in [0.2, 0.25) is 0 Å². The number of methoxy groups -OCH3 is 1. The van der Waals surface area contributed by atoms with Crippen LogP contribution in [-0.4, -0.2) is 35.2 Å². The maximum atomic E-state index is 12.1. The summed E-state index contributed by atoms with van der Waals surface area (Å²) in [5, 5.41) is 23.5. The first-order chi connectivity index (χ1) is 14.1. The van der Waals surface area contributed by atoms with Gasteiger partial charge in [0, 0.05) is 0 Å². The van der Waals surface area contributed by atoms with Crippen LogP contribution >= 0.6 is 11.8 Å². The van der Waals surface area contributed by atoms with Crippen molar-refractivity contribution in [1.29, 1.82) is 0 Å². The van der Waals surface area contributed by atoms with E-state index in [1.807, 2.05) is 41.8 Å². The highest BCUT2D eigenvalue weighted by Crippen LogP contribution is 2.22. The number of carbonyl (C=O) groups is 1. The molecular formula is C20H21N5O3S. The number of hydrazone groups is 1. The molecule has 0 atom stereocenters. The second-order valence-corrected chi connectivity index (χ2v) is 6.90. The first kappa shape index (κ1) is 20.4. The minimum Gasteiger partial charge on any atom is -0.870 e. The Kier molecular flexibility index (Phi) is 6.85. The minimum atomic E-state index is -0.259. The normalized spacial score (nSPS) is 11.0. The van der Waals surface area contributed by atoms with Crippen molar-refractivity contribution in [2.45, 2.75) is 18.6 Å². The van der Waals surface area contributed by atoms with E-state index < -0.39 is 0 Å². The fourth-order valence-electron chi connectivity index (χ4n) is 2.64. The van der Waals surface area contributed by atoms with Crippen LogP contribution in [-0.2, 0) is 11.3 Å². The molecule has 0 aliphatic rings. The van der Waals surface area contributed by atoms with Gasteiger partial charge in [0.15, 0.2) is 0 Å². The zero-order valence-electron chi connectivity index (χ0n) is 16.1. The number of nitrogens with one attached hydrogen (secondary N) is 2. The molecule has 150 valence electrons. The molecule has 1 amide bonds. The number of ether oxygens (including phenoxy) is 1. The van der Waals surface area contributed by atoms with Crippen LogP contribution in [0.5, 0.6) is 11.5 Å². The van der Waals surface area contributed by atoms with E-state index in [1.54, 1.807) is 12.1 Å². The van der Waals surface area contributed by atoms with Crippen LogP contribution < -0.4 is 19.8 Å². The van der Waals surface area contributed by atoms with Gasteiger partial charge in [-0.15, -0.1) is 5.10 Å². The van der Waals surface area contributed by atoms with E-state index in [0.717, 1.165) is 23.1 Å². The highest BCUT2D eigenvalue weighted by molar-refractivity contribution is 7.99. The molecule has 0 radical (unpaired) electrons. The van der Waals surface area contributed by atoms with Gasteiger partial charge in [0.1, 0.15) is 5.75 Å². The van der Waals surface area contributed by atoms with E-state index in [2.05, 4.69) is 20.7 Å². The number of thioether (sulfide) groups is 1. The predicted molar refractivity (Wildman–Crippen MR) is 109 cm³/mol. The Balaban J connectivity index is 1.58. The summed E-state index contributed by atoms with van der Waals surface area (Å²) in [5.41, 5.74) is 4.15. The van der Waals surface area contributed by atoms with Crippen molar-refractivity contribution >= 4 is 23.9 Å². The maximum absolute atomic E-state index is 12.1. The highest BCUT2D eigenvalue weighted by Gasteiger charge is 2.21. The van der Waals surface area contributed by atoms with Crippen molar-refractivity contribution in [1.82, 2.24) is 15.6 Å². The lowest BCUT2D eigenvalue weighted by atomic mass is 10.2. The summed E-state index contributed by atoms with van der Waals surface area (Å²) in [7, 11) is 1.43. The summed E-state index contributed by atoms with van der Waals surface area (Å²) in [4.78, 5) is 12.1. The van der Waals surface area contributed by atoms with E-state index in [9.17, 15) is 9.90 Å². The third-order valence-corrected chi connectivity index (χ3v) is 5.02. The standard InChI is InChI=1S/C20H21N5O3S/c1-3-25-19(15-7-5-4-6-8-15)23-24-20(25)29-13-18(27)22-21-12-14-9-10-16(26)17(11-14)28-2/h4-12H,3,13H2,1-2H3,(H2,21,22,26,27). The topological polar surface area (TPSA) is 106 Å². The second kappa shape index (κ2) is 9.74. The zero-order chi connectivity index (χ0) is 20.6. The van der Waals surface area contributed by atoms with Crippen molar-refractivity contribution in [3.05, 3.63) is 54.1 Å². The molecular weight excluding hydrogens is 390 g/mol. The molecule has 3 aromatic rings. The van der Waals surface area contributed by atoms with E-state index in [-0.39, 0.29) is 23.2 Å². The number of aromatic amines is 1. The molecule has 29 heavy (non-hydrogen) atoms. The van der Waals surface area contributed by atoms with Crippen molar-refractivity contribution in [2.24, 2.45) is 5.10 Å². The van der Waals surface area contributed by atoms with Crippen molar-refractivity contribution in [3.8, 4) is 22.9 Å². The van der Waals surface area contributed by atoms with Crippen LogP contribution in [0.25, 0.3) is 11.4 Å². The zero-order valence-corrected chi connectivity index (χ0v) is 16.9. The maximum Gasteiger partial charge on any atom is 0.337 e. The van der Waals surface area contributed by atoms with Gasteiger partial charge in [-0.05, 0) is 42.4 Å². The van der Waals surface area contributed by atoms with Crippen molar-refractivity contribution in [2.75, 3.05) is 12.9 Å². The number of H-pyrrole nitrogens is 1. The SMILES string of the molecule is CC[n+]1c(SCC(=O)NN=Cc2ccc([O-])c(OC)c2)n[nH]c1-c1ccccc1. The van der Waals surface area contributed by atoms with Gasteiger partial charge in [0.05, 0.1) is 36.3 Å². The molecule has 9 heteroatoms. The highest BCUT2D eigenvalue weighted by atomic mass is 32.2. The van der Waals surface area contributed by atoms with E-state index >= 15 is 0 Å². The molecule has 0 spiro atoms. The number of hydrogen-bond acceptors (Lipinski definition) is 6. The lowest BCUT2D eigenvalue weighted by Crippen LogP contribution is -2.36. The monoisotopic (exact) mass is 411 g/mol. The first-order valence-corrected chi connectivity index (χ1v) is 9.94. The minimum absolute atomic E-state index is 0.166. The molecule has 2 aromatic carbocycles. The molecule has 0 aliphatic carbocycles. The largest absolute Gasteiger partial charge is 0.870 e. The molecule has 2 N–H and O–H groups in total. The third kappa shape index (κ3) is 5.14. The first-order valence-electron chi connectivity index (χ1n) is 8.95. The quantitative estimate of drug-likeness (QED) is 0.254. The Labute approximate surface area is 172 Å². The van der Waals surface area contributed by atoms with Gasteiger partial charge in [-0.1, -0.05) is 36.1 Å². The number of aromatic nitrogens is 3.